The SMILES string of the molecule is Cc1cccc2c1=NC(=O)C(C(=O)O)N=2. The zero-order valence-electron chi connectivity index (χ0n) is 7.97. The minimum absolute atomic E-state index is 0.460. The number of aliphatic carboxylic acids is 1. The van der Waals surface area contributed by atoms with Crippen LogP contribution in [0.4, 0.5) is 0 Å². The number of carboxylic acid groups (broad SMARTS) is 1. The summed E-state index contributed by atoms with van der Waals surface area (Å²) in [7, 11) is 0. The molecule has 1 heterocycles. The lowest BCUT2D eigenvalue weighted by Crippen LogP contribution is -2.41. The molecule has 1 aromatic rings. The Morgan fingerprint density at radius 2 is 2.20 bits per heavy atom. The average molecular weight is 204 g/mol. The first-order valence-corrected chi connectivity index (χ1v) is 4.38. The number of hydrogen-bond donors (Lipinski definition) is 1. The highest BCUT2D eigenvalue weighted by molar-refractivity contribution is 6.02. The Morgan fingerprint density at radius 3 is 2.87 bits per heavy atom. The topological polar surface area (TPSA) is 79.1 Å². The molecule has 0 aromatic heterocycles. The molecule has 1 unspecified atom stereocenters. The zero-order valence-corrected chi connectivity index (χ0v) is 7.97. The number of aryl methyl sites for hydroxylation is 1. The molecule has 1 atom stereocenters. The highest BCUT2D eigenvalue weighted by atomic mass is 16.4. The van der Waals surface area contributed by atoms with Gasteiger partial charge in [-0.25, -0.2) is 9.79 Å². The van der Waals surface area contributed by atoms with E-state index in [1.807, 2.05) is 0 Å². The van der Waals surface area contributed by atoms with Crippen molar-refractivity contribution in [1.82, 2.24) is 0 Å². The van der Waals surface area contributed by atoms with Gasteiger partial charge < -0.3 is 5.11 Å². The van der Waals surface area contributed by atoms with E-state index in [2.05, 4.69) is 9.98 Å². The van der Waals surface area contributed by atoms with Crippen LogP contribution in [0.3, 0.4) is 0 Å². The lowest BCUT2D eigenvalue weighted by Gasteiger charge is -2.07. The van der Waals surface area contributed by atoms with E-state index in [0.29, 0.717) is 10.7 Å². The molecule has 0 saturated heterocycles. The summed E-state index contributed by atoms with van der Waals surface area (Å²) in [6.45, 7) is 1.80. The second kappa shape index (κ2) is 3.27. The van der Waals surface area contributed by atoms with Gasteiger partial charge in [0, 0.05) is 0 Å². The predicted molar refractivity (Wildman–Crippen MR) is 49.9 cm³/mol. The maximum Gasteiger partial charge on any atom is 0.338 e. The van der Waals surface area contributed by atoms with Crippen molar-refractivity contribution in [1.29, 1.82) is 0 Å². The van der Waals surface area contributed by atoms with Gasteiger partial charge >= 0.3 is 5.97 Å². The molecule has 1 amide bonds. The fraction of sp³-hybridized carbons (Fsp3) is 0.200. The number of amides is 1. The molecule has 76 valence electrons. The van der Waals surface area contributed by atoms with Gasteiger partial charge in [-0.05, 0) is 18.6 Å². The molecule has 1 aliphatic heterocycles. The zero-order chi connectivity index (χ0) is 11.0. The summed E-state index contributed by atoms with van der Waals surface area (Å²) in [6.07, 6.45) is 0. The van der Waals surface area contributed by atoms with E-state index in [1.54, 1.807) is 25.1 Å². The lowest BCUT2D eigenvalue weighted by molar-refractivity contribution is -0.142. The molecule has 1 N–H and O–H groups in total. The van der Waals surface area contributed by atoms with E-state index in [4.69, 9.17) is 5.11 Å². The quantitative estimate of drug-likeness (QED) is 0.610. The van der Waals surface area contributed by atoms with Crippen molar-refractivity contribution in [2.45, 2.75) is 13.0 Å². The van der Waals surface area contributed by atoms with Gasteiger partial charge in [0.1, 0.15) is 0 Å². The first-order valence-electron chi connectivity index (χ1n) is 4.38. The standard InChI is InChI=1S/C10H8N2O3/c1-5-3-2-4-6-7(5)12-9(13)8(11-6)10(14)15/h2-4,8H,1H3,(H,14,15). The summed E-state index contributed by atoms with van der Waals surface area (Å²) < 4.78 is 0. The first kappa shape index (κ1) is 9.51. The Bertz CT molecular complexity index is 563. The number of fused-ring (bicyclic) bond motifs is 1. The lowest BCUT2D eigenvalue weighted by atomic mass is 10.2. The monoisotopic (exact) mass is 204 g/mol. The Kier molecular flexibility index (Phi) is 2.07. The average Bonchev–Trinajstić information content (AvgIpc) is 2.18. The maximum atomic E-state index is 11.3. The fourth-order valence-corrected chi connectivity index (χ4v) is 1.42. The van der Waals surface area contributed by atoms with Crippen LogP contribution in [-0.4, -0.2) is 23.0 Å². The molecule has 0 saturated carbocycles. The smallest absolute Gasteiger partial charge is 0.338 e. The normalized spacial score (nSPS) is 18.7. The third kappa shape index (κ3) is 1.52. The summed E-state index contributed by atoms with van der Waals surface area (Å²) in [4.78, 5) is 29.6. The Labute approximate surface area is 84.8 Å². The van der Waals surface area contributed by atoms with Crippen LogP contribution in [0, 0.1) is 6.92 Å². The van der Waals surface area contributed by atoms with Gasteiger partial charge in [-0.2, -0.15) is 0 Å². The van der Waals surface area contributed by atoms with Crippen molar-refractivity contribution in [2.75, 3.05) is 0 Å². The van der Waals surface area contributed by atoms with E-state index in [0.717, 1.165) is 5.56 Å². The van der Waals surface area contributed by atoms with Gasteiger partial charge in [0.15, 0.2) is 0 Å². The van der Waals surface area contributed by atoms with Crippen molar-refractivity contribution < 1.29 is 14.7 Å². The minimum atomic E-state index is -1.39. The molecule has 2 rings (SSSR count). The molecule has 0 spiro atoms. The van der Waals surface area contributed by atoms with Gasteiger partial charge in [0.25, 0.3) is 5.91 Å². The van der Waals surface area contributed by atoms with Gasteiger partial charge in [-0.3, -0.25) is 9.79 Å². The molecule has 15 heavy (non-hydrogen) atoms. The van der Waals surface area contributed by atoms with Gasteiger partial charge in [0.05, 0.1) is 10.7 Å². The Hall–Kier alpha value is -2.04. The number of benzene rings is 1. The van der Waals surface area contributed by atoms with Crippen LogP contribution in [0.2, 0.25) is 0 Å². The molecule has 0 aliphatic carbocycles. The summed E-state index contributed by atoms with van der Waals surface area (Å²) in [5.41, 5.74) is 0.813. The maximum absolute atomic E-state index is 11.3. The van der Waals surface area contributed by atoms with E-state index in [1.165, 1.54) is 0 Å². The molecule has 5 heteroatoms. The Balaban J connectivity index is 2.73. The third-order valence-electron chi connectivity index (χ3n) is 2.17. The summed E-state index contributed by atoms with van der Waals surface area (Å²) in [5, 5.41) is 9.66. The van der Waals surface area contributed by atoms with E-state index in [9.17, 15) is 9.59 Å². The summed E-state index contributed by atoms with van der Waals surface area (Å²) >= 11 is 0. The van der Waals surface area contributed by atoms with E-state index < -0.39 is 17.9 Å². The van der Waals surface area contributed by atoms with Crippen LogP contribution >= 0.6 is 0 Å². The van der Waals surface area contributed by atoms with E-state index in [-0.39, 0.29) is 0 Å². The number of hydrogen-bond acceptors (Lipinski definition) is 3. The number of carboxylic acids is 1. The second-order valence-electron chi connectivity index (χ2n) is 3.26. The van der Waals surface area contributed by atoms with E-state index >= 15 is 0 Å². The summed E-state index contributed by atoms with van der Waals surface area (Å²) in [5.74, 6) is -1.99. The van der Waals surface area contributed by atoms with Crippen LogP contribution in [0.5, 0.6) is 0 Å². The predicted octanol–water partition coefficient (Wildman–Crippen LogP) is -0.772. The minimum Gasteiger partial charge on any atom is -0.479 e. The van der Waals surface area contributed by atoms with Gasteiger partial charge in [0.2, 0.25) is 6.04 Å². The number of para-hydroxylation sites is 1. The molecular weight excluding hydrogens is 196 g/mol. The second-order valence-corrected chi connectivity index (χ2v) is 3.26. The molecule has 1 aromatic carbocycles. The van der Waals surface area contributed by atoms with Gasteiger partial charge in [-0.1, -0.05) is 12.1 Å². The largest absolute Gasteiger partial charge is 0.479 e. The highest BCUT2D eigenvalue weighted by Crippen LogP contribution is 1.97. The Morgan fingerprint density at radius 1 is 1.47 bits per heavy atom. The highest BCUT2D eigenvalue weighted by Gasteiger charge is 2.27. The first-order chi connectivity index (χ1) is 7.09. The molecule has 0 bridgehead atoms. The van der Waals surface area contributed by atoms with Crippen molar-refractivity contribution in [3.05, 3.63) is 34.5 Å². The molecule has 5 nitrogen and oxygen atoms in total. The van der Waals surface area contributed by atoms with Crippen molar-refractivity contribution in [3.63, 3.8) is 0 Å². The van der Waals surface area contributed by atoms with Crippen LogP contribution in [-0.2, 0) is 9.59 Å². The molecule has 0 radical (unpaired) electrons. The summed E-state index contributed by atoms with van der Waals surface area (Å²) in [6, 6.07) is 3.81. The fourth-order valence-electron chi connectivity index (χ4n) is 1.42. The molecule has 1 aliphatic rings. The number of rotatable bonds is 1. The van der Waals surface area contributed by atoms with Crippen molar-refractivity contribution in [2.24, 2.45) is 9.98 Å². The molecule has 0 fully saturated rings. The van der Waals surface area contributed by atoms with Crippen molar-refractivity contribution in [3.8, 4) is 0 Å². The number of carbonyl (C=O) groups excluding carboxylic acids is 1. The van der Waals surface area contributed by atoms with Crippen LogP contribution < -0.4 is 10.7 Å². The van der Waals surface area contributed by atoms with Crippen LogP contribution in [0.25, 0.3) is 0 Å². The van der Waals surface area contributed by atoms with Crippen LogP contribution in [0.1, 0.15) is 5.56 Å². The number of nitrogens with zero attached hydrogens (tertiary/aromatic N) is 2. The molecular formula is C10H8N2O3. The van der Waals surface area contributed by atoms with Crippen LogP contribution in [0.15, 0.2) is 28.2 Å². The van der Waals surface area contributed by atoms with Crippen molar-refractivity contribution >= 4 is 11.9 Å². The van der Waals surface area contributed by atoms with Gasteiger partial charge in [-0.15, -0.1) is 0 Å². The number of carbonyl (C=O) groups is 2. The third-order valence-corrected chi connectivity index (χ3v) is 2.17.